The third-order valence-corrected chi connectivity index (χ3v) is 8.83. The summed E-state index contributed by atoms with van der Waals surface area (Å²) in [7, 11) is -3.74. The Hall–Kier alpha value is -2.67. The third-order valence-electron chi connectivity index (χ3n) is 7.12. The molecule has 36 heavy (non-hydrogen) atoms. The number of rotatable bonds is 6. The lowest BCUT2D eigenvalue weighted by molar-refractivity contribution is -0.122. The van der Waals surface area contributed by atoms with Crippen molar-refractivity contribution in [3.63, 3.8) is 0 Å². The number of hydrogen-bond donors (Lipinski definition) is 1. The van der Waals surface area contributed by atoms with Crippen LogP contribution in [0.3, 0.4) is 0 Å². The van der Waals surface area contributed by atoms with E-state index in [0.717, 1.165) is 25.7 Å². The Morgan fingerprint density at radius 1 is 0.889 bits per heavy atom. The van der Waals surface area contributed by atoms with Crippen LogP contribution in [0.4, 0.5) is 4.39 Å². The summed E-state index contributed by atoms with van der Waals surface area (Å²) < 4.78 is 41.9. The van der Waals surface area contributed by atoms with Crippen molar-refractivity contribution < 1.29 is 17.6 Å². The summed E-state index contributed by atoms with van der Waals surface area (Å²) >= 11 is 0. The van der Waals surface area contributed by atoms with Gasteiger partial charge in [-0.2, -0.15) is 0 Å². The molecule has 1 aromatic heterocycles. The van der Waals surface area contributed by atoms with E-state index >= 15 is 0 Å². The molecule has 194 valence electrons. The zero-order valence-corrected chi connectivity index (χ0v) is 21.7. The molecule has 0 saturated heterocycles. The summed E-state index contributed by atoms with van der Waals surface area (Å²) in [5.74, 6) is -0.858. The van der Waals surface area contributed by atoms with Gasteiger partial charge in [-0.1, -0.05) is 88.1 Å². The second kappa shape index (κ2) is 12.5. The van der Waals surface area contributed by atoms with Crippen molar-refractivity contribution in [2.75, 3.05) is 0 Å². The predicted octanol–water partition coefficient (Wildman–Crippen LogP) is 6.54. The van der Waals surface area contributed by atoms with Gasteiger partial charge in [-0.05, 0) is 36.6 Å². The maximum absolute atomic E-state index is 13.6. The predicted molar refractivity (Wildman–Crippen MR) is 142 cm³/mol. The summed E-state index contributed by atoms with van der Waals surface area (Å²) in [6, 6.07) is 13.0. The highest BCUT2D eigenvalue weighted by molar-refractivity contribution is 7.90. The molecular formula is C29H37FN2O3S. The van der Waals surface area contributed by atoms with E-state index in [0.29, 0.717) is 16.5 Å². The first-order chi connectivity index (χ1) is 17.4. The number of nitrogens with zero attached hydrogens (tertiary/aromatic N) is 1. The van der Waals surface area contributed by atoms with Gasteiger partial charge in [0.25, 0.3) is 0 Å². The van der Waals surface area contributed by atoms with Gasteiger partial charge in [0.1, 0.15) is 12.4 Å². The van der Waals surface area contributed by atoms with Gasteiger partial charge >= 0.3 is 0 Å². The minimum atomic E-state index is -3.74. The average molecular weight is 513 g/mol. The van der Waals surface area contributed by atoms with E-state index in [-0.39, 0.29) is 29.1 Å². The van der Waals surface area contributed by atoms with Gasteiger partial charge in [0.2, 0.25) is 5.91 Å². The lowest BCUT2D eigenvalue weighted by Gasteiger charge is -2.20. The molecule has 0 atom stereocenters. The molecule has 1 heterocycles. The first kappa shape index (κ1) is 26.4. The molecule has 1 N–H and O–H groups in total. The number of hydrogen-bond acceptors (Lipinski definition) is 3. The fraction of sp³-hybridized carbons (Fsp3) is 0.483. The van der Waals surface area contributed by atoms with Crippen molar-refractivity contribution in [2.45, 2.75) is 93.9 Å². The minimum absolute atomic E-state index is 0.0620. The van der Waals surface area contributed by atoms with Crippen LogP contribution in [0.2, 0.25) is 0 Å². The van der Waals surface area contributed by atoms with E-state index in [2.05, 4.69) is 5.32 Å². The molecule has 1 amide bonds. The number of carbonyl (C=O) groups excluding carboxylic acids is 1. The SMILES string of the molecule is O=C(Cn1cc(S(=O)(=O)Cc2cccc(F)c2)c2ccccc21)NC1CCCCCCCCCCC1. The molecule has 0 bridgehead atoms. The van der Waals surface area contributed by atoms with Crippen LogP contribution < -0.4 is 5.32 Å². The lowest BCUT2D eigenvalue weighted by Crippen LogP contribution is -2.37. The lowest BCUT2D eigenvalue weighted by atomic mass is 9.98. The van der Waals surface area contributed by atoms with E-state index in [1.54, 1.807) is 29.0 Å². The fourth-order valence-electron chi connectivity index (χ4n) is 5.25. The summed E-state index contributed by atoms with van der Waals surface area (Å²) in [5.41, 5.74) is 1.09. The van der Waals surface area contributed by atoms with Gasteiger partial charge < -0.3 is 9.88 Å². The molecule has 1 saturated carbocycles. The Morgan fingerprint density at radius 3 is 2.19 bits per heavy atom. The number of amides is 1. The van der Waals surface area contributed by atoms with E-state index in [1.165, 1.54) is 63.1 Å². The van der Waals surface area contributed by atoms with Gasteiger partial charge in [0, 0.05) is 23.1 Å². The molecule has 3 aromatic rings. The highest BCUT2D eigenvalue weighted by atomic mass is 32.2. The maximum Gasteiger partial charge on any atom is 0.240 e. The molecule has 0 radical (unpaired) electrons. The van der Waals surface area contributed by atoms with E-state index < -0.39 is 15.7 Å². The number of fused-ring (bicyclic) bond motifs is 1. The van der Waals surface area contributed by atoms with Crippen molar-refractivity contribution >= 4 is 26.6 Å². The largest absolute Gasteiger partial charge is 0.352 e. The second-order valence-corrected chi connectivity index (χ2v) is 12.0. The van der Waals surface area contributed by atoms with Crippen molar-refractivity contribution in [1.29, 1.82) is 0 Å². The van der Waals surface area contributed by atoms with Crippen molar-refractivity contribution in [3.8, 4) is 0 Å². The van der Waals surface area contributed by atoms with Crippen LogP contribution in [-0.4, -0.2) is 24.9 Å². The Morgan fingerprint density at radius 2 is 1.53 bits per heavy atom. The number of benzene rings is 2. The Bertz CT molecular complexity index is 1260. The molecule has 2 aromatic carbocycles. The van der Waals surface area contributed by atoms with Crippen LogP contribution in [0.25, 0.3) is 10.9 Å². The smallest absolute Gasteiger partial charge is 0.240 e. The van der Waals surface area contributed by atoms with Crippen molar-refractivity contribution in [2.24, 2.45) is 0 Å². The highest BCUT2D eigenvalue weighted by Gasteiger charge is 2.23. The molecule has 0 spiro atoms. The zero-order valence-electron chi connectivity index (χ0n) is 20.9. The van der Waals surface area contributed by atoms with Crippen LogP contribution in [0.1, 0.15) is 76.2 Å². The average Bonchev–Trinajstić information content (AvgIpc) is 3.20. The van der Waals surface area contributed by atoms with Crippen molar-refractivity contribution in [1.82, 2.24) is 9.88 Å². The number of sulfone groups is 1. The van der Waals surface area contributed by atoms with Gasteiger partial charge in [-0.3, -0.25) is 4.79 Å². The summed E-state index contributed by atoms with van der Waals surface area (Å²) in [5, 5.41) is 3.80. The van der Waals surface area contributed by atoms with Gasteiger partial charge in [-0.15, -0.1) is 0 Å². The molecule has 1 aliphatic rings. The molecule has 1 aliphatic carbocycles. The minimum Gasteiger partial charge on any atom is -0.352 e. The molecule has 5 nitrogen and oxygen atoms in total. The van der Waals surface area contributed by atoms with E-state index in [9.17, 15) is 17.6 Å². The normalized spacial score (nSPS) is 16.8. The molecule has 4 rings (SSSR count). The maximum atomic E-state index is 13.6. The number of nitrogens with one attached hydrogen (secondary N) is 1. The monoisotopic (exact) mass is 512 g/mol. The number of para-hydroxylation sites is 1. The standard InChI is InChI=1S/C29H37FN2O3S/c30-24-14-12-13-23(19-24)22-36(34,35)28-20-32(27-18-11-10-17-26(27)28)21-29(33)31-25-15-8-6-4-2-1-3-5-7-9-16-25/h10-14,17-20,25H,1-9,15-16,21-22H2,(H,31,33). The van der Waals surface area contributed by atoms with Crippen LogP contribution in [0, 0.1) is 5.82 Å². The molecule has 1 fully saturated rings. The van der Waals surface area contributed by atoms with Crippen molar-refractivity contribution in [3.05, 3.63) is 66.1 Å². The Labute approximate surface area is 214 Å². The van der Waals surface area contributed by atoms with Gasteiger partial charge in [0.05, 0.1) is 10.6 Å². The molecule has 7 heteroatoms. The quantitative estimate of drug-likeness (QED) is 0.408. The summed E-state index contributed by atoms with van der Waals surface area (Å²) in [4.78, 5) is 13.2. The molecule has 0 unspecified atom stereocenters. The first-order valence-electron chi connectivity index (χ1n) is 13.3. The number of carbonyl (C=O) groups is 1. The summed E-state index contributed by atoms with van der Waals surface area (Å²) in [6.07, 6.45) is 14.7. The van der Waals surface area contributed by atoms with Crippen LogP contribution in [-0.2, 0) is 26.9 Å². The van der Waals surface area contributed by atoms with Crippen LogP contribution in [0.15, 0.2) is 59.6 Å². The zero-order chi connectivity index (χ0) is 25.4. The molecular weight excluding hydrogens is 475 g/mol. The fourth-order valence-corrected chi connectivity index (χ4v) is 6.82. The van der Waals surface area contributed by atoms with Crippen LogP contribution in [0.5, 0.6) is 0 Å². The summed E-state index contributed by atoms with van der Waals surface area (Å²) in [6.45, 7) is 0.0620. The van der Waals surface area contributed by atoms with E-state index in [1.807, 2.05) is 12.1 Å². The second-order valence-electron chi connectivity index (χ2n) is 10.1. The van der Waals surface area contributed by atoms with E-state index in [4.69, 9.17) is 0 Å². The number of halogens is 1. The van der Waals surface area contributed by atoms with Crippen LogP contribution >= 0.6 is 0 Å². The highest BCUT2D eigenvalue weighted by Crippen LogP contribution is 2.28. The third kappa shape index (κ3) is 7.19. The number of aromatic nitrogens is 1. The molecule has 0 aliphatic heterocycles. The topological polar surface area (TPSA) is 68.2 Å². The Kier molecular flexibility index (Phi) is 9.19. The first-order valence-corrected chi connectivity index (χ1v) is 14.9. The van der Waals surface area contributed by atoms with Gasteiger partial charge in [-0.25, -0.2) is 12.8 Å². The Balaban J connectivity index is 1.49. The van der Waals surface area contributed by atoms with Gasteiger partial charge in [0.15, 0.2) is 9.84 Å².